The maximum atomic E-state index is 6.47. The zero-order valence-electron chi connectivity index (χ0n) is 10.6. The van der Waals surface area contributed by atoms with Gasteiger partial charge in [0.05, 0.1) is 0 Å². The molecule has 0 spiro atoms. The van der Waals surface area contributed by atoms with Crippen LogP contribution in [0.2, 0.25) is 5.02 Å². The van der Waals surface area contributed by atoms with Crippen LogP contribution in [0.4, 0.5) is 0 Å². The summed E-state index contributed by atoms with van der Waals surface area (Å²) in [5.74, 6) is 0. The first-order valence-electron chi connectivity index (χ1n) is 6.49. The Kier molecular flexibility index (Phi) is 2.76. The molecule has 1 aromatic heterocycles. The molecule has 0 N–H and O–H groups in total. The van der Waals surface area contributed by atoms with Crippen LogP contribution in [0.1, 0.15) is 0 Å². The summed E-state index contributed by atoms with van der Waals surface area (Å²) in [4.78, 5) is 0. The third kappa shape index (κ3) is 1.82. The average Bonchev–Trinajstić information content (AvgIpc) is 2.84. The van der Waals surface area contributed by atoms with Gasteiger partial charge in [0.1, 0.15) is 0 Å². The van der Waals surface area contributed by atoms with Gasteiger partial charge in [0.25, 0.3) is 0 Å². The topological polar surface area (TPSA) is 0 Å². The third-order valence-corrected chi connectivity index (χ3v) is 5.00. The van der Waals surface area contributed by atoms with E-state index in [0.29, 0.717) is 0 Å². The second-order valence-corrected chi connectivity index (χ2v) is 6.28. The molecule has 0 aliphatic heterocycles. The molecular formula is C18H11ClS. The summed E-state index contributed by atoms with van der Waals surface area (Å²) < 4.78 is 2.56. The molecule has 96 valence electrons. The fraction of sp³-hybridized carbons (Fsp3) is 0. The van der Waals surface area contributed by atoms with Gasteiger partial charge >= 0.3 is 0 Å². The number of fused-ring (bicyclic) bond motifs is 3. The van der Waals surface area contributed by atoms with Crippen molar-refractivity contribution in [1.29, 1.82) is 0 Å². The Bertz CT molecular complexity index is 907. The lowest BCUT2D eigenvalue weighted by molar-refractivity contribution is 1.66. The fourth-order valence-corrected chi connectivity index (χ4v) is 4.05. The molecular weight excluding hydrogens is 284 g/mol. The Morgan fingerprint density at radius 2 is 1.45 bits per heavy atom. The van der Waals surface area contributed by atoms with Crippen LogP contribution in [0.5, 0.6) is 0 Å². The van der Waals surface area contributed by atoms with Gasteiger partial charge in [0.15, 0.2) is 0 Å². The van der Waals surface area contributed by atoms with Gasteiger partial charge in [-0.2, -0.15) is 0 Å². The van der Waals surface area contributed by atoms with Crippen LogP contribution >= 0.6 is 22.9 Å². The quantitative estimate of drug-likeness (QED) is 0.382. The highest BCUT2D eigenvalue weighted by Gasteiger charge is 2.10. The third-order valence-electron chi connectivity index (χ3n) is 3.55. The van der Waals surface area contributed by atoms with E-state index < -0.39 is 0 Å². The zero-order valence-corrected chi connectivity index (χ0v) is 12.2. The van der Waals surface area contributed by atoms with Gasteiger partial charge in [-0.1, -0.05) is 60.1 Å². The average molecular weight is 295 g/mol. The molecule has 3 aromatic carbocycles. The van der Waals surface area contributed by atoms with Gasteiger partial charge in [0.2, 0.25) is 0 Å². The molecule has 0 radical (unpaired) electrons. The molecule has 0 bridgehead atoms. The minimum Gasteiger partial charge on any atom is -0.135 e. The second-order valence-electron chi connectivity index (χ2n) is 4.79. The molecule has 0 saturated carbocycles. The smallest absolute Gasteiger partial charge is 0.0498 e. The first kappa shape index (κ1) is 12.0. The lowest BCUT2D eigenvalue weighted by atomic mass is 10.0. The Morgan fingerprint density at radius 3 is 2.30 bits per heavy atom. The van der Waals surface area contributed by atoms with Crippen molar-refractivity contribution < 1.29 is 0 Å². The highest BCUT2D eigenvalue weighted by Crippen LogP contribution is 2.39. The van der Waals surface area contributed by atoms with E-state index in [-0.39, 0.29) is 0 Å². The fourth-order valence-electron chi connectivity index (χ4n) is 2.59. The molecule has 0 atom stereocenters. The first-order valence-corrected chi connectivity index (χ1v) is 7.68. The van der Waals surface area contributed by atoms with Gasteiger partial charge in [-0.3, -0.25) is 0 Å². The first-order chi connectivity index (χ1) is 9.83. The van der Waals surface area contributed by atoms with Crippen molar-refractivity contribution in [2.75, 3.05) is 0 Å². The number of hydrogen-bond acceptors (Lipinski definition) is 1. The predicted molar refractivity (Wildman–Crippen MR) is 89.8 cm³/mol. The van der Waals surface area contributed by atoms with Crippen molar-refractivity contribution in [3.05, 3.63) is 71.8 Å². The number of halogens is 1. The van der Waals surface area contributed by atoms with Crippen molar-refractivity contribution in [2.45, 2.75) is 0 Å². The lowest BCUT2D eigenvalue weighted by Crippen LogP contribution is -1.79. The minimum atomic E-state index is 0.815. The van der Waals surface area contributed by atoms with Crippen LogP contribution in [0, 0.1) is 0 Å². The van der Waals surface area contributed by atoms with Crippen LogP contribution in [0.3, 0.4) is 0 Å². The number of hydrogen-bond donors (Lipinski definition) is 0. The summed E-state index contributed by atoms with van der Waals surface area (Å²) in [7, 11) is 0. The standard InChI is InChI=1S/C18H11ClS/c19-16-11-18-15(13-8-4-5-9-17(13)20-18)10-14(16)12-6-2-1-3-7-12/h1-11H. The van der Waals surface area contributed by atoms with Crippen LogP contribution in [-0.2, 0) is 0 Å². The predicted octanol–water partition coefficient (Wildman–Crippen LogP) is 6.37. The van der Waals surface area contributed by atoms with E-state index in [0.717, 1.165) is 16.1 Å². The van der Waals surface area contributed by atoms with E-state index in [4.69, 9.17) is 11.6 Å². The highest BCUT2D eigenvalue weighted by atomic mass is 35.5. The van der Waals surface area contributed by atoms with Gasteiger partial charge in [0, 0.05) is 30.8 Å². The summed E-state index contributed by atoms with van der Waals surface area (Å²) in [6.45, 7) is 0. The van der Waals surface area contributed by atoms with Crippen molar-refractivity contribution in [2.24, 2.45) is 0 Å². The normalized spacial score (nSPS) is 11.2. The van der Waals surface area contributed by atoms with Crippen LogP contribution in [0.25, 0.3) is 31.3 Å². The SMILES string of the molecule is Clc1cc2sc3ccccc3c2cc1-c1ccccc1. The van der Waals surface area contributed by atoms with Gasteiger partial charge in [-0.15, -0.1) is 11.3 Å². The van der Waals surface area contributed by atoms with Gasteiger partial charge in [-0.25, -0.2) is 0 Å². The highest BCUT2D eigenvalue weighted by molar-refractivity contribution is 7.25. The van der Waals surface area contributed by atoms with E-state index >= 15 is 0 Å². The zero-order chi connectivity index (χ0) is 13.5. The Hall–Kier alpha value is -1.83. The number of benzene rings is 3. The molecule has 0 nitrogen and oxygen atoms in total. The largest absolute Gasteiger partial charge is 0.135 e. The van der Waals surface area contributed by atoms with E-state index in [1.807, 2.05) is 18.2 Å². The molecule has 0 fully saturated rings. The van der Waals surface area contributed by atoms with Crippen molar-refractivity contribution in [3.8, 4) is 11.1 Å². The Balaban J connectivity index is 2.08. The summed E-state index contributed by atoms with van der Waals surface area (Å²) in [5, 5.41) is 3.41. The van der Waals surface area contributed by atoms with Gasteiger partial charge < -0.3 is 0 Å². The molecule has 4 aromatic rings. The summed E-state index contributed by atoms with van der Waals surface area (Å²) in [6.07, 6.45) is 0. The van der Waals surface area contributed by atoms with Crippen molar-refractivity contribution in [1.82, 2.24) is 0 Å². The van der Waals surface area contributed by atoms with Crippen LogP contribution in [-0.4, -0.2) is 0 Å². The van der Waals surface area contributed by atoms with Crippen LogP contribution < -0.4 is 0 Å². The molecule has 2 heteroatoms. The van der Waals surface area contributed by atoms with Crippen molar-refractivity contribution in [3.63, 3.8) is 0 Å². The van der Waals surface area contributed by atoms with Crippen molar-refractivity contribution >= 4 is 43.1 Å². The molecule has 20 heavy (non-hydrogen) atoms. The summed E-state index contributed by atoms with van der Waals surface area (Å²) in [5.41, 5.74) is 2.26. The van der Waals surface area contributed by atoms with Gasteiger partial charge in [-0.05, 0) is 23.8 Å². The molecule has 4 rings (SSSR count). The molecule has 0 amide bonds. The summed E-state index contributed by atoms with van der Waals surface area (Å²) >= 11 is 8.27. The minimum absolute atomic E-state index is 0.815. The molecule has 1 heterocycles. The number of thiophene rings is 1. The summed E-state index contributed by atoms with van der Waals surface area (Å²) in [6, 6.07) is 23.1. The number of rotatable bonds is 1. The molecule has 0 unspecified atom stereocenters. The van der Waals surface area contributed by atoms with Crippen LogP contribution in [0.15, 0.2) is 66.7 Å². The maximum Gasteiger partial charge on any atom is 0.0498 e. The Labute approximate surface area is 126 Å². The molecule has 0 saturated heterocycles. The van der Waals surface area contributed by atoms with E-state index in [9.17, 15) is 0 Å². The van der Waals surface area contributed by atoms with E-state index in [1.54, 1.807) is 11.3 Å². The van der Waals surface area contributed by atoms with E-state index in [2.05, 4.69) is 48.5 Å². The monoisotopic (exact) mass is 294 g/mol. The lowest BCUT2D eigenvalue weighted by Gasteiger charge is -2.05. The second kappa shape index (κ2) is 4.62. The Morgan fingerprint density at radius 1 is 0.700 bits per heavy atom. The maximum absolute atomic E-state index is 6.47. The molecule has 0 aliphatic rings. The molecule has 0 aliphatic carbocycles. The van der Waals surface area contributed by atoms with E-state index in [1.165, 1.54) is 20.2 Å².